The molecule has 0 aliphatic carbocycles. The van der Waals surface area contributed by atoms with Crippen molar-refractivity contribution in [2.24, 2.45) is 0 Å². The van der Waals surface area contributed by atoms with E-state index in [1.807, 2.05) is 23.8 Å². The van der Waals surface area contributed by atoms with Crippen LogP contribution in [0.1, 0.15) is 37.2 Å². The smallest absolute Gasteiger partial charge is 0.241 e. The highest BCUT2D eigenvalue weighted by Gasteiger charge is 2.17. The Kier molecular flexibility index (Phi) is 5.58. The maximum Gasteiger partial charge on any atom is 0.241 e. The molecule has 2 N–H and O–H groups in total. The summed E-state index contributed by atoms with van der Waals surface area (Å²) in [5.74, 6) is 1.32. The van der Waals surface area contributed by atoms with Gasteiger partial charge in [-0.25, -0.2) is 0 Å². The maximum absolute atomic E-state index is 12.1. The summed E-state index contributed by atoms with van der Waals surface area (Å²) < 4.78 is 3.69. The normalized spacial score (nSPS) is 17.8. The van der Waals surface area contributed by atoms with Crippen LogP contribution in [0.2, 0.25) is 0 Å². The van der Waals surface area contributed by atoms with E-state index in [-0.39, 0.29) is 12.5 Å². The minimum atomic E-state index is -0.0333. The quantitative estimate of drug-likeness (QED) is 0.763. The molecule has 2 aromatic heterocycles. The molecule has 130 valence electrons. The average Bonchev–Trinajstić information content (AvgIpc) is 3.25. The van der Waals surface area contributed by atoms with Gasteiger partial charge >= 0.3 is 0 Å². The fraction of sp³-hybridized carbons (Fsp3) is 0.625. The third-order valence-electron chi connectivity index (χ3n) is 4.39. The van der Waals surface area contributed by atoms with Crippen LogP contribution in [0.15, 0.2) is 18.6 Å². The van der Waals surface area contributed by atoms with Crippen LogP contribution in [0.5, 0.6) is 0 Å². The van der Waals surface area contributed by atoms with E-state index in [0.717, 1.165) is 37.6 Å². The Morgan fingerprint density at radius 2 is 2.42 bits per heavy atom. The lowest BCUT2D eigenvalue weighted by molar-refractivity contribution is -0.121. The van der Waals surface area contributed by atoms with Crippen molar-refractivity contribution in [2.75, 3.05) is 19.6 Å². The summed E-state index contributed by atoms with van der Waals surface area (Å²) in [6.07, 6.45) is 6.62. The van der Waals surface area contributed by atoms with Crippen LogP contribution in [-0.4, -0.2) is 50.1 Å². The van der Waals surface area contributed by atoms with E-state index >= 15 is 0 Å². The SMILES string of the molecule is CCn1cnnc1CCNC(=O)Cn1ccc([C@H]2CCCNC2)n1. The molecular formula is C16H25N7O. The van der Waals surface area contributed by atoms with Crippen molar-refractivity contribution in [1.29, 1.82) is 0 Å². The third kappa shape index (κ3) is 4.19. The number of hydrogen-bond acceptors (Lipinski definition) is 5. The summed E-state index contributed by atoms with van der Waals surface area (Å²) in [6, 6.07) is 2.02. The summed E-state index contributed by atoms with van der Waals surface area (Å²) in [5.41, 5.74) is 1.08. The molecule has 8 heteroatoms. The summed E-state index contributed by atoms with van der Waals surface area (Å²) in [5, 5.41) is 18.8. The molecule has 0 bridgehead atoms. The van der Waals surface area contributed by atoms with Gasteiger partial charge in [-0.1, -0.05) is 0 Å². The molecule has 0 aromatic carbocycles. The molecule has 1 saturated heterocycles. The first-order chi connectivity index (χ1) is 11.8. The molecular weight excluding hydrogens is 306 g/mol. The lowest BCUT2D eigenvalue weighted by atomic mass is 9.97. The predicted molar refractivity (Wildman–Crippen MR) is 89.5 cm³/mol. The van der Waals surface area contributed by atoms with Gasteiger partial charge in [-0.2, -0.15) is 5.10 Å². The minimum Gasteiger partial charge on any atom is -0.354 e. The second kappa shape index (κ2) is 8.05. The Hall–Kier alpha value is -2.22. The highest BCUT2D eigenvalue weighted by atomic mass is 16.2. The summed E-state index contributed by atoms with van der Waals surface area (Å²) >= 11 is 0. The third-order valence-corrected chi connectivity index (χ3v) is 4.39. The molecule has 0 spiro atoms. The van der Waals surface area contributed by atoms with E-state index in [1.165, 1.54) is 6.42 Å². The fourth-order valence-electron chi connectivity index (χ4n) is 3.04. The Morgan fingerprint density at radius 1 is 1.50 bits per heavy atom. The van der Waals surface area contributed by atoms with E-state index in [4.69, 9.17) is 0 Å². The molecule has 0 unspecified atom stereocenters. The molecule has 1 atom stereocenters. The molecule has 2 aromatic rings. The number of hydrogen-bond donors (Lipinski definition) is 2. The lowest BCUT2D eigenvalue weighted by Crippen LogP contribution is -2.30. The first kappa shape index (κ1) is 16.6. The number of aryl methyl sites for hydroxylation is 1. The fourth-order valence-corrected chi connectivity index (χ4v) is 3.04. The monoisotopic (exact) mass is 331 g/mol. The zero-order chi connectivity index (χ0) is 16.8. The summed E-state index contributed by atoms with van der Waals surface area (Å²) in [6.45, 7) is 5.75. The molecule has 0 radical (unpaired) electrons. The predicted octanol–water partition coefficient (Wildman–Crippen LogP) is 0.320. The van der Waals surface area contributed by atoms with Gasteiger partial charge in [-0.15, -0.1) is 10.2 Å². The van der Waals surface area contributed by atoms with Crippen LogP contribution in [-0.2, 0) is 24.3 Å². The average molecular weight is 331 g/mol. The molecule has 1 aliphatic heterocycles. The van der Waals surface area contributed by atoms with Crippen molar-refractivity contribution in [1.82, 2.24) is 35.2 Å². The lowest BCUT2D eigenvalue weighted by Gasteiger charge is -2.20. The van der Waals surface area contributed by atoms with Crippen LogP contribution in [0.4, 0.5) is 0 Å². The molecule has 1 fully saturated rings. The van der Waals surface area contributed by atoms with Gasteiger partial charge in [0, 0.05) is 38.2 Å². The van der Waals surface area contributed by atoms with Crippen molar-refractivity contribution < 1.29 is 4.79 Å². The van der Waals surface area contributed by atoms with E-state index in [1.54, 1.807) is 11.0 Å². The molecule has 24 heavy (non-hydrogen) atoms. The number of carbonyl (C=O) groups excluding carboxylic acids is 1. The van der Waals surface area contributed by atoms with Crippen LogP contribution in [0, 0.1) is 0 Å². The number of rotatable bonds is 7. The molecule has 3 rings (SSSR count). The Balaban J connectivity index is 1.44. The number of piperidine rings is 1. The van der Waals surface area contributed by atoms with Crippen molar-refractivity contribution in [3.05, 3.63) is 30.1 Å². The maximum atomic E-state index is 12.1. The highest BCUT2D eigenvalue weighted by molar-refractivity contribution is 5.75. The number of nitrogens with one attached hydrogen (secondary N) is 2. The van der Waals surface area contributed by atoms with E-state index in [0.29, 0.717) is 18.9 Å². The topological polar surface area (TPSA) is 89.7 Å². The van der Waals surface area contributed by atoms with E-state index in [2.05, 4.69) is 25.9 Å². The molecule has 1 aliphatic rings. The van der Waals surface area contributed by atoms with Crippen LogP contribution in [0.3, 0.4) is 0 Å². The first-order valence-electron chi connectivity index (χ1n) is 8.63. The first-order valence-corrected chi connectivity index (χ1v) is 8.63. The second-order valence-electron chi connectivity index (χ2n) is 6.11. The van der Waals surface area contributed by atoms with Gasteiger partial charge in [0.2, 0.25) is 5.91 Å². The van der Waals surface area contributed by atoms with Crippen LogP contribution in [0.25, 0.3) is 0 Å². The Labute approximate surface area is 141 Å². The van der Waals surface area contributed by atoms with Gasteiger partial charge in [0.15, 0.2) is 0 Å². The number of amides is 1. The summed E-state index contributed by atoms with van der Waals surface area (Å²) in [7, 11) is 0. The van der Waals surface area contributed by atoms with Crippen LogP contribution >= 0.6 is 0 Å². The van der Waals surface area contributed by atoms with E-state index in [9.17, 15) is 4.79 Å². The zero-order valence-electron chi connectivity index (χ0n) is 14.1. The highest BCUT2D eigenvalue weighted by Crippen LogP contribution is 2.21. The molecule has 8 nitrogen and oxygen atoms in total. The molecule has 3 heterocycles. The van der Waals surface area contributed by atoms with Gasteiger partial charge < -0.3 is 15.2 Å². The number of nitrogens with zero attached hydrogens (tertiary/aromatic N) is 5. The van der Waals surface area contributed by atoms with Gasteiger partial charge in [0.05, 0.1) is 5.69 Å². The largest absolute Gasteiger partial charge is 0.354 e. The molecule has 0 saturated carbocycles. The molecule has 1 amide bonds. The van der Waals surface area contributed by atoms with Gasteiger partial charge in [0.1, 0.15) is 18.7 Å². The van der Waals surface area contributed by atoms with Crippen molar-refractivity contribution in [3.8, 4) is 0 Å². The zero-order valence-corrected chi connectivity index (χ0v) is 14.1. The second-order valence-corrected chi connectivity index (χ2v) is 6.11. The number of aromatic nitrogens is 5. The van der Waals surface area contributed by atoms with Crippen molar-refractivity contribution in [3.63, 3.8) is 0 Å². The minimum absolute atomic E-state index is 0.0333. The van der Waals surface area contributed by atoms with Crippen LogP contribution < -0.4 is 10.6 Å². The van der Waals surface area contributed by atoms with Gasteiger partial charge in [-0.3, -0.25) is 9.48 Å². The Bertz CT molecular complexity index is 657. The van der Waals surface area contributed by atoms with Crippen molar-refractivity contribution in [2.45, 2.75) is 45.2 Å². The van der Waals surface area contributed by atoms with Gasteiger partial charge in [0.25, 0.3) is 0 Å². The van der Waals surface area contributed by atoms with E-state index < -0.39 is 0 Å². The summed E-state index contributed by atoms with van der Waals surface area (Å²) in [4.78, 5) is 12.1. The number of carbonyl (C=O) groups is 1. The standard InChI is InChI=1S/C16H25N7O/c1-2-22-12-19-20-15(22)5-8-18-16(24)11-23-9-6-14(21-23)13-4-3-7-17-10-13/h6,9,12-13,17H,2-5,7-8,10-11H2,1H3,(H,18,24)/t13-/m0/s1. The Morgan fingerprint density at radius 3 is 3.21 bits per heavy atom. The van der Waals surface area contributed by atoms with Crippen molar-refractivity contribution >= 4 is 5.91 Å². The van der Waals surface area contributed by atoms with Gasteiger partial charge in [-0.05, 0) is 32.4 Å².